The van der Waals surface area contributed by atoms with Gasteiger partial charge in [-0.2, -0.15) is 0 Å². The van der Waals surface area contributed by atoms with Crippen molar-refractivity contribution in [2.45, 2.75) is 30.4 Å². The van der Waals surface area contributed by atoms with Gasteiger partial charge in [-0.05, 0) is 25.5 Å². The first-order valence-electron chi connectivity index (χ1n) is 8.65. The van der Waals surface area contributed by atoms with Gasteiger partial charge in [-0.25, -0.2) is 9.78 Å². The fraction of sp³-hybridized carbons (Fsp3) is 0.529. The Morgan fingerprint density at radius 2 is 2.12 bits per heavy atom. The lowest BCUT2D eigenvalue weighted by molar-refractivity contribution is 0.0519. The number of hydrogen-bond acceptors (Lipinski definition) is 9. The lowest BCUT2D eigenvalue weighted by Crippen LogP contribution is -2.36. The van der Waals surface area contributed by atoms with Crippen molar-refractivity contribution in [3.8, 4) is 0 Å². The van der Waals surface area contributed by atoms with Gasteiger partial charge >= 0.3 is 5.97 Å². The number of ether oxygens (including phenoxy) is 2. The summed E-state index contributed by atoms with van der Waals surface area (Å²) in [7, 11) is 0. The number of carbonyl (C=O) groups excluding carboxylic acids is 1. The molecule has 2 aromatic heterocycles. The topological polar surface area (TPSA) is 77.4 Å². The Hall–Kier alpha value is -1.71. The molecular formula is C17H22N4O3S2. The molecule has 26 heavy (non-hydrogen) atoms. The first-order valence-corrected chi connectivity index (χ1v) is 10.5. The van der Waals surface area contributed by atoms with Crippen LogP contribution in [-0.4, -0.2) is 54.1 Å². The van der Waals surface area contributed by atoms with Crippen LogP contribution >= 0.6 is 23.1 Å². The molecule has 0 unspecified atom stereocenters. The average molecular weight is 395 g/mol. The number of morpholine rings is 1. The molecule has 3 heterocycles. The Bertz CT molecular complexity index is 747. The van der Waals surface area contributed by atoms with Gasteiger partial charge in [0.25, 0.3) is 0 Å². The molecule has 0 saturated carbocycles. The summed E-state index contributed by atoms with van der Waals surface area (Å²) in [5.74, 6) is 0.237. The molecule has 0 atom stereocenters. The maximum absolute atomic E-state index is 12.2. The zero-order chi connectivity index (χ0) is 18.4. The van der Waals surface area contributed by atoms with Crippen LogP contribution in [0.2, 0.25) is 0 Å². The third kappa shape index (κ3) is 4.93. The monoisotopic (exact) mass is 394 g/mol. The predicted molar refractivity (Wildman–Crippen MR) is 102 cm³/mol. The summed E-state index contributed by atoms with van der Waals surface area (Å²) in [5.41, 5.74) is 2.15. The molecule has 9 heteroatoms. The molecule has 1 saturated heterocycles. The van der Waals surface area contributed by atoms with Crippen LogP contribution < -0.4 is 4.90 Å². The summed E-state index contributed by atoms with van der Waals surface area (Å²) in [6, 6.07) is 3.83. The smallest absolute Gasteiger partial charge is 0.356 e. The molecule has 2 aromatic rings. The SMILES string of the molecule is CCOC(=O)c1cc(N2CCOCC2)cc(CSc2nnc(CC)s2)n1. The highest BCUT2D eigenvalue weighted by Gasteiger charge is 2.17. The van der Waals surface area contributed by atoms with E-state index in [9.17, 15) is 4.79 Å². The zero-order valence-electron chi connectivity index (χ0n) is 14.9. The second-order valence-corrected chi connectivity index (χ2v) is 7.91. The molecule has 1 fully saturated rings. The van der Waals surface area contributed by atoms with Crippen molar-refractivity contribution in [2.24, 2.45) is 0 Å². The van der Waals surface area contributed by atoms with Crippen LogP contribution in [0.25, 0.3) is 0 Å². The van der Waals surface area contributed by atoms with Crippen molar-refractivity contribution in [2.75, 3.05) is 37.8 Å². The van der Waals surface area contributed by atoms with Gasteiger partial charge in [0.05, 0.1) is 25.5 Å². The second-order valence-electron chi connectivity index (χ2n) is 5.63. The van der Waals surface area contributed by atoms with Crippen molar-refractivity contribution in [1.82, 2.24) is 15.2 Å². The van der Waals surface area contributed by atoms with E-state index in [0.717, 1.165) is 40.2 Å². The van der Waals surface area contributed by atoms with E-state index in [1.165, 1.54) is 0 Å². The van der Waals surface area contributed by atoms with E-state index in [-0.39, 0.29) is 0 Å². The number of aryl methyl sites for hydroxylation is 1. The van der Waals surface area contributed by atoms with Crippen molar-refractivity contribution in [3.05, 3.63) is 28.5 Å². The van der Waals surface area contributed by atoms with E-state index in [1.807, 2.05) is 6.07 Å². The number of rotatable bonds is 7. The van der Waals surface area contributed by atoms with Gasteiger partial charge in [-0.1, -0.05) is 30.0 Å². The predicted octanol–water partition coefficient (Wildman–Crippen LogP) is 2.80. The largest absolute Gasteiger partial charge is 0.461 e. The summed E-state index contributed by atoms with van der Waals surface area (Å²) in [4.78, 5) is 18.9. The molecule has 0 bridgehead atoms. The van der Waals surface area contributed by atoms with Crippen LogP contribution in [0.5, 0.6) is 0 Å². The molecule has 0 aliphatic carbocycles. The minimum absolute atomic E-state index is 0.330. The Morgan fingerprint density at radius 3 is 2.81 bits per heavy atom. The summed E-state index contributed by atoms with van der Waals surface area (Å²) < 4.78 is 11.5. The lowest BCUT2D eigenvalue weighted by Gasteiger charge is -2.29. The highest BCUT2D eigenvalue weighted by atomic mass is 32.2. The fourth-order valence-corrected chi connectivity index (χ4v) is 4.26. The number of hydrogen-bond donors (Lipinski definition) is 0. The number of anilines is 1. The first-order chi connectivity index (χ1) is 12.7. The van der Waals surface area contributed by atoms with Gasteiger partial charge < -0.3 is 14.4 Å². The standard InChI is InChI=1S/C17H22N4O3S2/c1-3-15-19-20-17(26-15)25-11-12-9-13(21-5-7-23-8-6-21)10-14(18-12)16(22)24-4-2/h9-10H,3-8,11H2,1-2H3. The Labute approximate surface area is 161 Å². The minimum Gasteiger partial charge on any atom is -0.461 e. The van der Waals surface area contributed by atoms with Crippen LogP contribution in [-0.2, 0) is 21.6 Å². The molecule has 0 spiro atoms. The fourth-order valence-electron chi connectivity index (χ4n) is 2.53. The summed E-state index contributed by atoms with van der Waals surface area (Å²) in [6.07, 6.45) is 0.885. The number of thioether (sulfide) groups is 1. The van der Waals surface area contributed by atoms with Crippen molar-refractivity contribution in [1.29, 1.82) is 0 Å². The van der Waals surface area contributed by atoms with E-state index >= 15 is 0 Å². The number of aromatic nitrogens is 3. The summed E-state index contributed by atoms with van der Waals surface area (Å²) >= 11 is 3.18. The van der Waals surface area contributed by atoms with Crippen molar-refractivity contribution < 1.29 is 14.3 Å². The van der Waals surface area contributed by atoms with Crippen molar-refractivity contribution in [3.63, 3.8) is 0 Å². The Balaban J connectivity index is 1.79. The van der Waals surface area contributed by atoms with E-state index in [1.54, 1.807) is 36.1 Å². The van der Waals surface area contributed by atoms with Crippen molar-refractivity contribution >= 4 is 34.8 Å². The first kappa shape index (κ1) is 19.1. The third-order valence-electron chi connectivity index (χ3n) is 3.82. The molecule has 7 nitrogen and oxygen atoms in total. The molecule has 140 valence electrons. The van der Waals surface area contributed by atoms with Crippen LogP contribution in [0.1, 0.15) is 35.0 Å². The molecular weight excluding hydrogens is 372 g/mol. The average Bonchev–Trinajstić information content (AvgIpc) is 3.15. The third-order valence-corrected chi connectivity index (χ3v) is 6.05. The molecule has 0 radical (unpaired) electrons. The maximum atomic E-state index is 12.2. The van der Waals surface area contributed by atoms with Crippen LogP contribution in [0.4, 0.5) is 5.69 Å². The molecule has 1 aliphatic heterocycles. The lowest BCUT2D eigenvalue weighted by atomic mass is 10.2. The van der Waals surface area contributed by atoms with Gasteiger partial charge in [-0.3, -0.25) is 0 Å². The Kier molecular flexibility index (Phi) is 6.81. The van der Waals surface area contributed by atoms with Gasteiger partial charge in [0.15, 0.2) is 10.0 Å². The summed E-state index contributed by atoms with van der Waals surface area (Å²) in [6.45, 7) is 7.16. The van der Waals surface area contributed by atoms with Crippen LogP contribution in [0.15, 0.2) is 16.5 Å². The minimum atomic E-state index is -0.391. The summed E-state index contributed by atoms with van der Waals surface area (Å²) in [5, 5.41) is 9.35. The highest BCUT2D eigenvalue weighted by molar-refractivity contribution is 8.00. The zero-order valence-corrected chi connectivity index (χ0v) is 16.6. The van der Waals surface area contributed by atoms with Gasteiger partial charge in [0, 0.05) is 24.5 Å². The normalized spacial score (nSPS) is 14.5. The van der Waals surface area contributed by atoms with Gasteiger partial charge in [0.2, 0.25) is 0 Å². The molecule has 3 rings (SSSR count). The Morgan fingerprint density at radius 1 is 1.31 bits per heavy atom. The van der Waals surface area contributed by atoms with E-state index in [0.29, 0.717) is 31.3 Å². The number of pyridine rings is 1. The molecule has 0 N–H and O–H groups in total. The molecule has 1 aliphatic rings. The second kappa shape index (κ2) is 9.29. The van der Waals surface area contributed by atoms with E-state index in [2.05, 4.69) is 27.0 Å². The quantitative estimate of drug-likeness (QED) is 0.524. The van der Waals surface area contributed by atoms with Gasteiger partial charge in [-0.15, -0.1) is 10.2 Å². The molecule has 0 aromatic carbocycles. The van der Waals surface area contributed by atoms with E-state index in [4.69, 9.17) is 9.47 Å². The van der Waals surface area contributed by atoms with Crippen LogP contribution in [0.3, 0.4) is 0 Å². The highest BCUT2D eigenvalue weighted by Crippen LogP contribution is 2.27. The maximum Gasteiger partial charge on any atom is 0.356 e. The number of carbonyl (C=O) groups is 1. The molecule has 0 amide bonds. The number of esters is 1. The van der Waals surface area contributed by atoms with E-state index < -0.39 is 5.97 Å². The van der Waals surface area contributed by atoms with Gasteiger partial charge in [0.1, 0.15) is 5.01 Å². The number of nitrogens with zero attached hydrogens (tertiary/aromatic N) is 4. The van der Waals surface area contributed by atoms with Crippen LogP contribution in [0, 0.1) is 0 Å².